The molecule has 5 atom stereocenters. The van der Waals surface area contributed by atoms with Gasteiger partial charge in [0.05, 0.1) is 24.3 Å². The van der Waals surface area contributed by atoms with Gasteiger partial charge < -0.3 is 25.2 Å². The lowest BCUT2D eigenvalue weighted by atomic mass is 9.49. The van der Waals surface area contributed by atoms with Gasteiger partial charge in [-0.15, -0.1) is 0 Å². The molecule has 1 aromatic carbocycles. The van der Waals surface area contributed by atoms with E-state index in [0.29, 0.717) is 23.1 Å². The predicted molar refractivity (Wildman–Crippen MR) is 116 cm³/mol. The number of phenols is 1. The summed E-state index contributed by atoms with van der Waals surface area (Å²) in [6.45, 7) is 7.53. The number of carbonyl (C=O) groups is 1. The summed E-state index contributed by atoms with van der Waals surface area (Å²) in [5, 5.41) is 41.0. The van der Waals surface area contributed by atoms with Crippen LogP contribution in [-0.4, -0.2) is 45.2 Å². The minimum absolute atomic E-state index is 0.0295. The van der Waals surface area contributed by atoms with Gasteiger partial charge in [0.1, 0.15) is 17.4 Å². The number of aromatic hydroxyl groups is 1. The fraction of sp³-hybridized carbons (Fsp3) is 0.625. The summed E-state index contributed by atoms with van der Waals surface area (Å²) in [6, 6.07) is 1.27. The van der Waals surface area contributed by atoms with Crippen molar-refractivity contribution in [3.05, 3.63) is 38.9 Å². The highest BCUT2D eigenvalue weighted by Crippen LogP contribution is 2.66. The number of esters is 1. The second-order valence-corrected chi connectivity index (χ2v) is 10.8. The van der Waals surface area contributed by atoms with Gasteiger partial charge in [-0.25, -0.2) is 4.79 Å². The van der Waals surface area contributed by atoms with Crippen LogP contribution >= 0.6 is 11.6 Å². The normalized spacial score (nSPS) is 33.5. The molecule has 0 spiro atoms. The smallest absolute Gasteiger partial charge is 0.342 e. The molecule has 4 N–H and O–H groups in total. The lowest BCUT2D eigenvalue weighted by Crippen LogP contribution is -2.56. The van der Waals surface area contributed by atoms with Crippen molar-refractivity contribution in [3.63, 3.8) is 0 Å². The van der Waals surface area contributed by atoms with Crippen molar-refractivity contribution in [2.75, 3.05) is 6.61 Å². The predicted octanol–water partition coefficient (Wildman–Crippen LogP) is 3.50. The van der Waals surface area contributed by atoms with Crippen LogP contribution in [0.1, 0.15) is 61.5 Å². The van der Waals surface area contributed by atoms with Crippen molar-refractivity contribution in [1.82, 2.24) is 0 Å². The van der Waals surface area contributed by atoms with Crippen molar-refractivity contribution in [2.45, 2.75) is 65.8 Å². The molecular formula is C24H31ClO6. The van der Waals surface area contributed by atoms with Gasteiger partial charge in [0.2, 0.25) is 0 Å². The monoisotopic (exact) mass is 450 g/mol. The molecule has 6 nitrogen and oxygen atoms in total. The van der Waals surface area contributed by atoms with Crippen LogP contribution in [0, 0.1) is 29.6 Å². The van der Waals surface area contributed by atoms with Crippen molar-refractivity contribution < 1.29 is 30.0 Å². The zero-order chi connectivity index (χ0) is 22.9. The van der Waals surface area contributed by atoms with E-state index in [1.165, 1.54) is 6.07 Å². The van der Waals surface area contributed by atoms with Crippen molar-refractivity contribution in [1.29, 1.82) is 0 Å². The zero-order valence-corrected chi connectivity index (χ0v) is 19.2. The van der Waals surface area contributed by atoms with E-state index >= 15 is 0 Å². The van der Waals surface area contributed by atoms with Gasteiger partial charge in [-0.05, 0) is 71.6 Å². The van der Waals surface area contributed by atoms with Crippen molar-refractivity contribution in [2.24, 2.45) is 22.7 Å². The van der Waals surface area contributed by atoms with Gasteiger partial charge in [0.25, 0.3) is 0 Å². The van der Waals surface area contributed by atoms with Crippen LogP contribution in [0.15, 0.2) is 17.2 Å². The lowest BCUT2D eigenvalue weighted by Gasteiger charge is -2.57. The maximum absolute atomic E-state index is 13.0. The maximum Gasteiger partial charge on any atom is 0.342 e. The van der Waals surface area contributed by atoms with Crippen molar-refractivity contribution in [3.8, 4) is 5.75 Å². The minimum Gasteiger partial charge on any atom is -0.507 e. The third-order valence-corrected chi connectivity index (χ3v) is 8.42. The first-order valence-electron chi connectivity index (χ1n) is 10.8. The number of rotatable bonds is 4. The highest BCUT2D eigenvalue weighted by Gasteiger charge is 2.63. The average molecular weight is 451 g/mol. The van der Waals surface area contributed by atoms with Gasteiger partial charge in [-0.2, -0.15) is 0 Å². The molecule has 0 radical (unpaired) electrons. The summed E-state index contributed by atoms with van der Waals surface area (Å²) in [5.74, 6) is -0.637. The quantitative estimate of drug-likeness (QED) is 0.413. The van der Waals surface area contributed by atoms with E-state index in [-0.39, 0.29) is 52.2 Å². The molecule has 0 amide bonds. The Morgan fingerprint density at radius 3 is 2.48 bits per heavy atom. The summed E-state index contributed by atoms with van der Waals surface area (Å²) >= 11 is 6.23. The van der Waals surface area contributed by atoms with E-state index in [0.717, 1.165) is 18.4 Å². The Morgan fingerprint density at radius 1 is 1.19 bits per heavy atom. The summed E-state index contributed by atoms with van der Waals surface area (Å²) in [6.07, 6.45) is 1.19. The number of carbonyl (C=O) groups excluding carboxylic acids is 1. The summed E-state index contributed by atoms with van der Waals surface area (Å²) in [7, 11) is 0. The maximum atomic E-state index is 13.0. The van der Waals surface area contributed by atoms with Crippen LogP contribution in [0.4, 0.5) is 0 Å². The molecule has 0 aliphatic heterocycles. The molecule has 4 rings (SSSR count). The Morgan fingerprint density at radius 2 is 1.87 bits per heavy atom. The second-order valence-electron chi connectivity index (χ2n) is 10.4. The molecule has 1 aromatic rings. The largest absolute Gasteiger partial charge is 0.507 e. The Bertz CT molecular complexity index is 967. The van der Waals surface area contributed by atoms with Gasteiger partial charge in [0, 0.05) is 5.56 Å². The summed E-state index contributed by atoms with van der Waals surface area (Å²) < 4.78 is 5.78. The third-order valence-electron chi connectivity index (χ3n) is 7.90. The molecule has 3 aliphatic carbocycles. The highest BCUT2D eigenvalue weighted by molar-refractivity contribution is 6.32. The summed E-state index contributed by atoms with van der Waals surface area (Å²) in [4.78, 5) is 13.0. The second kappa shape index (κ2) is 7.48. The van der Waals surface area contributed by atoms with E-state index in [1.807, 2.05) is 0 Å². The van der Waals surface area contributed by atoms with Gasteiger partial charge >= 0.3 is 5.97 Å². The molecule has 2 fully saturated rings. The van der Waals surface area contributed by atoms with Crippen LogP contribution in [-0.2, 0) is 11.3 Å². The molecule has 0 aromatic heterocycles. The number of hydrogen-bond donors (Lipinski definition) is 4. The molecule has 170 valence electrons. The molecule has 0 unspecified atom stereocenters. The minimum atomic E-state index is -0.741. The molecular weight excluding hydrogens is 420 g/mol. The zero-order valence-electron chi connectivity index (χ0n) is 18.4. The van der Waals surface area contributed by atoms with Gasteiger partial charge in [0.15, 0.2) is 0 Å². The van der Waals surface area contributed by atoms with E-state index in [2.05, 4.69) is 20.8 Å². The number of aliphatic hydroxyl groups excluding tert-OH is 3. The van der Waals surface area contributed by atoms with Crippen LogP contribution in [0.25, 0.3) is 0 Å². The van der Waals surface area contributed by atoms with E-state index < -0.39 is 18.2 Å². The number of fused-ring (bicyclic) bond motifs is 3. The number of phenolic OH excluding ortho intramolecular Hbond substituents is 1. The first-order chi connectivity index (χ1) is 14.4. The standard InChI is InChI=1S/C24H31ClO6/c1-11-18(16(28)5-12(9-26)20(11)25)22(30)31-17-8-24(4)15-7-23(2,3)6-13(15)21(29)14(10-27)19(17)24/h5,13,15,17,21,26-29H,6-10H2,1-4H3/t13-,15+,17-,21+,24-/m1/s1. The Hall–Kier alpha value is -1.60. The van der Waals surface area contributed by atoms with Crippen molar-refractivity contribution >= 4 is 17.6 Å². The number of halogens is 1. The highest BCUT2D eigenvalue weighted by atomic mass is 35.5. The molecule has 0 bridgehead atoms. The van der Waals surface area contributed by atoms with Crippen LogP contribution in [0.3, 0.4) is 0 Å². The van der Waals surface area contributed by atoms with Crippen LogP contribution in [0.5, 0.6) is 5.75 Å². The average Bonchev–Trinajstić information content (AvgIpc) is 3.03. The Balaban J connectivity index is 1.65. The van der Waals surface area contributed by atoms with E-state index in [1.54, 1.807) is 6.92 Å². The first kappa shape index (κ1) is 22.6. The number of hydrogen-bond acceptors (Lipinski definition) is 6. The molecule has 31 heavy (non-hydrogen) atoms. The number of benzene rings is 1. The van der Waals surface area contributed by atoms with Crippen LogP contribution < -0.4 is 0 Å². The molecule has 7 heteroatoms. The lowest BCUT2D eigenvalue weighted by molar-refractivity contribution is -0.0572. The Labute approximate surface area is 187 Å². The van der Waals surface area contributed by atoms with Gasteiger partial charge in [-0.3, -0.25) is 0 Å². The molecule has 0 heterocycles. The Kier molecular flexibility index (Phi) is 5.45. The third kappa shape index (κ3) is 3.30. The molecule has 2 saturated carbocycles. The SMILES string of the molecule is Cc1c(Cl)c(CO)cc(O)c1C(=O)O[C@@H]1C[C@@]2(C)C1=C(CO)[C@@H](O)[C@@H]1CC(C)(C)C[C@@H]12. The topological polar surface area (TPSA) is 107 Å². The number of aliphatic hydroxyl groups is 3. The van der Waals surface area contributed by atoms with Gasteiger partial charge in [-0.1, -0.05) is 32.4 Å². The van der Waals surface area contributed by atoms with E-state index in [4.69, 9.17) is 16.3 Å². The number of ether oxygens (including phenoxy) is 1. The van der Waals surface area contributed by atoms with E-state index in [9.17, 15) is 25.2 Å². The summed E-state index contributed by atoms with van der Waals surface area (Å²) in [5.41, 5.74) is 1.93. The molecule has 0 saturated heterocycles. The fourth-order valence-corrected chi connectivity index (χ4v) is 6.71. The van der Waals surface area contributed by atoms with Crippen LogP contribution in [0.2, 0.25) is 5.02 Å². The first-order valence-corrected chi connectivity index (χ1v) is 11.2. The fourth-order valence-electron chi connectivity index (χ4n) is 6.50. The molecule has 3 aliphatic rings.